The number of fused-ring (bicyclic) bond motifs is 1. The van der Waals surface area contributed by atoms with Crippen LogP contribution in [0.2, 0.25) is 0 Å². The summed E-state index contributed by atoms with van der Waals surface area (Å²) in [4.78, 5) is 41.7. The molecule has 2 heterocycles. The topological polar surface area (TPSA) is 115 Å². The third-order valence-corrected chi connectivity index (χ3v) is 7.23. The molecule has 10 nitrogen and oxygen atoms in total. The van der Waals surface area contributed by atoms with E-state index >= 15 is 0 Å². The molecule has 0 unspecified atom stereocenters. The first-order chi connectivity index (χ1) is 19.5. The van der Waals surface area contributed by atoms with Gasteiger partial charge in [0.2, 0.25) is 6.79 Å². The fourth-order valence-corrected chi connectivity index (χ4v) is 5.15. The summed E-state index contributed by atoms with van der Waals surface area (Å²) in [7, 11) is 3.14. The number of hydrogen-bond donors (Lipinski definition) is 2. The maximum Gasteiger partial charge on any atom is 0.278 e. The molecule has 3 amide bonds. The highest BCUT2D eigenvalue weighted by Crippen LogP contribution is 2.37. The Bertz CT molecular complexity index is 1470. The molecule has 2 aliphatic heterocycles. The van der Waals surface area contributed by atoms with Gasteiger partial charge in [0.1, 0.15) is 16.4 Å². The number of amides is 3. The Labute approximate surface area is 235 Å². The van der Waals surface area contributed by atoms with Crippen LogP contribution in [-0.2, 0) is 14.3 Å². The molecule has 206 valence electrons. The summed E-state index contributed by atoms with van der Waals surface area (Å²) in [6, 6.07) is 19.1. The van der Waals surface area contributed by atoms with Crippen molar-refractivity contribution in [2.75, 3.05) is 44.8 Å². The lowest BCUT2D eigenvalue weighted by molar-refractivity contribution is -0.137. The Kier molecular flexibility index (Phi) is 8.23. The number of carbonyl (C=O) groups excluding carboxylic acids is 3. The van der Waals surface area contributed by atoms with E-state index in [9.17, 15) is 14.4 Å². The zero-order valence-corrected chi connectivity index (χ0v) is 22.7. The van der Waals surface area contributed by atoms with Gasteiger partial charge in [-0.1, -0.05) is 17.8 Å². The molecule has 40 heavy (non-hydrogen) atoms. The summed E-state index contributed by atoms with van der Waals surface area (Å²) in [5, 5.41) is 5.99. The van der Waals surface area contributed by atoms with Gasteiger partial charge in [0, 0.05) is 42.1 Å². The van der Waals surface area contributed by atoms with Crippen molar-refractivity contribution in [3.8, 4) is 17.2 Å². The maximum atomic E-state index is 13.4. The number of methoxy groups -OCH3 is 2. The number of nitrogens with one attached hydrogen (secondary N) is 2. The molecule has 0 aliphatic carbocycles. The van der Waals surface area contributed by atoms with Crippen molar-refractivity contribution < 1.29 is 33.3 Å². The molecule has 0 fully saturated rings. The Balaban J connectivity index is 1.37. The first-order valence-electron chi connectivity index (χ1n) is 12.5. The highest BCUT2D eigenvalue weighted by molar-refractivity contribution is 8.04. The molecule has 0 atom stereocenters. The Morgan fingerprint density at radius 1 is 0.950 bits per heavy atom. The standard InChI is InChI=1S/C29H27N3O7S/c1-36-14-4-13-32-28(34)25(30-19-8-10-21(37-2)11-9-19)26(29(32)35)40-22-6-3-5-20(16-22)31-27(33)18-7-12-23-24(15-18)39-17-38-23/h3,5-12,15-16,30H,4,13-14,17H2,1-2H3,(H,31,33). The molecule has 0 spiro atoms. The van der Waals surface area contributed by atoms with E-state index in [-0.39, 0.29) is 29.8 Å². The van der Waals surface area contributed by atoms with Crippen molar-refractivity contribution in [1.29, 1.82) is 0 Å². The molecule has 2 aliphatic rings. The minimum atomic E-state index is -0.410. The van der Waals surface area contributed by atoms with Gasteiger partial charge in [-0.25, -0.2) is 0 Å². The Hall–Kier alpha value is -4.48. The normalized spacial score (nSPS) is 14.1. The fraction of sp³-hybridized carbons (Fsp3) is 0.207. The predicted octanol–water partition coefficient (Wildman–Crippen LogP) is 4.50. The summed E-state index contributed by atoms with van der Waals surface area (Å²) >= 11 is 1.16. The van der Waals surface area contributed by atoms with Crippen LogP contribution in [0.3, 0.4) is 0 Å². The molecule has 0 saturated carbocycles. The number of ether oxygens (including phenoxy) is 4. The number of nitrogens with zero attached hydrogens (tertiary/aromatic N) is 1. The summed E-state index contributed by atoms with van der Waals surface area (Å²) < 4.78 is 21.0. The number of benzene rings is 3. The minimum absolute atomic E-state index is 0.121. The largest absolute Gasteiger partial charge is 0.497 e. The molecule has 2 N–H and O–H groups in total. The Morgan fingerprint density at radius 3 is 2.52 bits per heavy atom. The number of anilines is 2. The first-order valence-corrected chi connectivity index (χ1v) is 13.3. The quantitative estimate of drug-likeness (QED) is 0.258. The van der Waals surface area contributed by atoms with Crippen LogP contribution in [0.4, 0.5) is 11.4 Å². The first kappa shape index (κ1) is 27.1. The van der Waals surface area contributed by atoms with Gasteiger partial charge < -0.3 is 29.6 Å². The molecule has 0 radical (unpaired) electrons. The molecular formula is C29H27N3O7S. The summed E-state index contributed by atoms with van der Waals surface area (Å²) in [6.45, 7) is 0.775. The molecule has 0 saturated heterocycles. The highest BCUT2D eigenvalue weighted by atomic mass is 32.2. The third kappa shape index (κ3) is 5.90. The van der Waals surface area contributed by atoms with Crippen molar-refractivity contribution in [3.05, 3.63) is 82.9 Å². The lowest BCUT2D eigenvalue weighted by Crippen LogP contribution is -2.33. The summed E-state index contributed by atoms with van der Waals surface area (Å²) in [5.74, 6) is 0.653. The molecule has 11 heteroatoms. The number of rotatable bonds is 11. The lowest BCUT2D eigenvalue weighted by atomic mass is 10.2. The number of hydrogen-bond acceptors (Lipinski definition) is 9. The van der Waals surface area contributed by atoms with E-state index in [2.05, 4.69) is 10.6 Å². The maximum absolute atomic E-state index is 13.4. The van der Waals surface area contributed by atoms with Crippen LogP contribution >= 0.6 is 11.8 Å². The average Bonchev–Trinajstić information content (AvgIpc) is 3.52. The van der Waals surface area contributed by atoms with Crippen LogP contribution in [0, 0.1) is 0 Å². The van der Waals surface area contributed by atoms with Crippen molar-refractivity contribution in [1.82, 2.24) is 4.90 Å². The molecule has 5 rings (SSSR count). The van der Waals surface area contributed by atoms with E-state index in [0.717, 1.165) is 11.8 Å². The van der Waals surface area contributed by atoms with Crippen molar-refractivity contribution in [3.63, 3.8) is 0 Å². The summed E-state index contributed by atoms with van der Waals surface area (Å²) in [6.07, 6.45) is 0.517. The van der Waals surface area contributed by atoms with Gasteiger partial charge in [-0.15, -0.1) is 0 Å². The highest BCUT2D eigenvalue weighted by Gasteiger charge is 2.39. The van der Waals surface area contributed by atoms with E-state index in [1.165, 1.54) is 4.90 Å². The number of imide groups is 1. The van der Waals surface area contributed by atoms with Gasteiger partial charge in [-0.2, -0.15) is 0 Å². The van der Waals surface area contributed by atoms with Crippen LogP contribution in [0.5, 0.6) is 17.2 Å². The minimum Gasteiger partial charge on any atom is -0.497 e. The van der Waals surface area contributed by atoms with E-state index in [0.29, 0.717) is 52.1 Å². The van der Waals surface area contributed by atoms with Crippen LogP contribution in [0.1, 0.15) is 16.8 Å². The van der Waals surface area contributed by atoms with Gasteiger partial charge in [-0.05, 0) is 67.1 Å². The van der Waals surface area contributed by atoms with Gasteiger partial charge in [-0.3, -0.25) is 19.3 Å². The van der Waals surface area contributed by atoms with Crippen LogP contribution in [0.25, 0.3) is 0 Å². The van der Waals surface area contributed by atoms with E-state index in [1.54, 1.807) is 74.9 Å². The monoisotopic (exact) mass is 561 g/mol. The second kappa shape index (κ2) is 12.1. The molecule has 3 aromatic rings. The van der Waals surface area contributed by atoms with Crippen molar-refractivity contribution in [2.45, 2.75) is 11.3 Å². The van der Waals surface area contributed by atoms with Crippen molar-refractivity contribution in [2.24, 2.45) is 0 Å². The van der Waals surface area contributed by atoms with E-state index in [1.807, 2.05) is 6.07 Å². The fourth-order valence-electron chi connectivity index (χ4n) is 4.14. The van der Waals surface area contributed by atoms with Gasteiger partial charge >= 0.3 is 0 Å². The van der Waals surface area contributed by atoms with Crippen molar-refractivity contribution >= 4 is 40.9 Å². The predicted molar refractivity (Wildman–Crippen MR) is 150 cm³/mol. The number of carbonyl (C=O) groups is 3. The van der Waals surface area contributed by atoms with E-state index < -0.39 is 11.8 Å². The average molecular weight is 562 g/mol. The van der Waals surface area contributed by atoms with Gasteiger partial charge in [0.05, 0.1) is 7.11 Å². The lowest BCUT2D eigenvalue weighted by Gasteiger charge is -2.14. The smallest absolute Gasteiger partial charge is 0.278 e. The zero-order valence-electron chi connectivity index (χ0n) is 21.9. The zero-order chi connectivity index (χ0) is 28.1. The van der Waals surface area contributed by atoms with Crippen LogP contribution in [-0.4, -0.2) is 56.8 Å². The molecular weight excluding hydrogens is 534 g/mol. The second-order valence-corrected chi connectivity index (χ2v) is 9.90. The SMILES string of the molecule is COCCCN1C(=O)C(Nc2ccc(OC)cc2)=C(Sc2cccc(NC(=O)c3ccc4c(c3)OCO4)c2)C1=O. The summed E-state index contributed by atoms with van der Waals surface area (Å²) in [5.41, 5.74) is 1.77. The third-order valence-electron chi connectivity index (χ3n) is 6.16. The molecule has 0 bridgehead atoms. The Morgan fingerprint density at radius 2 is 1.75 bits per heavy atom. The molecule has 0 aromatic heterocycles. The second-order valence-electron chi connectivity index (χ2n) is 8.82. The van der Waals surface area contributed by atoms with Gasteiger partial charge in [0.15, 0.2) is 11.5 Å². The van der Waals surface area contributed by atoms with Crippen LogP contribution in [0.15, 0.2) is 82.2 Å². The van der Waals surface area contributed by atoms with E-state index in [4.69, 9.17) is 18.9 Å². The molecule has 3 aromatic carbocycles. The van der Waals surface area contributed by atoms with Gasteiger partial charge in [0.25, 0.3) is 17.7 Å². The number of thioether (sulfide) groups is 1. The van der Waals surface area contributed by atoms with Crippen LogP contribution < -0.4 is 24.8 Å².